The third-order valence-corrected chi connectivity index (χ3v) is 2.95. The number of hydrogen-bond donors (Lipinski definition) is 2. The number of aromatic carboxylic acids is 1. The Balaban J connectivity index is 1.63. The predicted octanol–water partition coefficient (Wildman–Crippen LogP) is 0.135. The van der Waals surface area contributed by atoms with Crippen molar-refractivity contribution in [2.24, 2.45) is 0 Å². The number of ether oxygens (including phenoxy) is 1. The lowest BCUT2D eigenvalue weighted by Crippen LogP contribution is -2.37. The zero-order valence-corrected chi connectivity index (χ0v) is 10.2. The van der Waals surface area contributed by atoms with Crippen LogP contribution < -0.4 is 5.32 Å². The Bertz CT molecular complexity index is 387. The van der Waals surface area contributed by atoms with E-state index in [1.807, 2.05) is 0 Å². The first kappa shape index (κ1) is 13.0. The molecule has 2 N–H and O–H groups in total. The second-order valence-corrected chi connectivity index (χ2v) is 4.39. The van der Waals surface area contributed by atoms with E-state index in [0.717, 1.165) is 13.0 Å². The highest BCUT2D eigenvalue weighted by Gasteiger charge is 2.12. The summed E-state index contributed by atoms with van der Waals surface area (Å²) in [5, 5.41) is 19.3. The van der Waals surface area contributed by atoms with E-state index in [1.165, 1.54) is 23.7 Å². The highest BCUT2D eigenvalue weighted by Crippen LogP contribution is 2.06. The molecule has 2 heterocycles. The summed E-state index contributed by atoms with van der Waals surface area (Å²) in [6, 6.07) is 0.448. The van der Waals surface area contributed by atoms with Gasteiger partial charge in [0.25, 0.3) is 0 Å². The summed E-state index contributed by atoms with van der Waals surface area (Å²) in [5.74, 6) is -1.06. The zero-order valence-electron chi connectivity index (χ0n) is 10.2. The summed E-state index contributed by atoms with van der Waals surface area (Å²) in [7, 11) is 0. The molecular weight excluding hydrogens is 236 g/mol. The Morgan fingerprint density at radius 1 is 1.61 bits per heavy atom. The van der Waals surface area contributed by atoms with Gasteiger partial charge in [0.2, 0.25) is 0 Å². The summed E-state index contributed by atoms with van der Waals surface area (Å²) in [4.78, 5) is 10.6. The molecule has 0 amide bonds. The predicted molar refractivity (Wildman–Crippen MR) is 63.4 cm³/mol. The largest absolute Gasteiger partial charge is 0.476 e. The zero-order chi connectivity index (χ0) is 12.8. The molecule has 1 atom stereocenters. The summed E-state index contributed by atoms with van der Waals surface area (Å²) >= 11 is 0. The Morgan fingerprint density at radius 2 is 2.50 bits per heavy atom. The molecule has 1 aromatic heterocycles. The lowest BCUT2D eigenvalue weighted by Gasteiger charge is -2.23. The van der Waals surface area contributed by atoms with Crippen LogP contribution in [0.1, 0.15) is 29.8 Å². The Kier molecular flexibility index (Phi) is 4.66. The van der Waals surface area contributed by atoms with E-state index in [1.54, 1.807) is 0 Å². The molecule has 1 aliphatic rings. The minimum absolute atomic E-state index is 0.0380. The summed E-state index contributed by atoms with van der Waals surface area (Å²) < 4.78 is 7.03. The van der Waals surface area contributed by atoms with Crippen molar-refractivity contribution in [3.63, 3.8) is 0 Å². The normalized spacial score (nSPS) is 19.9. The molecule has 1 fully saturated rings. The number of nitrogens with one attached hydrogen (secondary N) is 1. The smallest absolute Gasteiger partial charge is 0.358 e. The molecule has 18 heavy (non-hydrogen) atoms. The van der Waals surface area contributed by atoms with Crippen molar-refractivity contribution >= 4 is 5.97 Å². The summed E-state index contributed by atoms with van der Waals surface area (Å²) in [6.07, 6.45) is 5.07. The van der Waals surface area contributed by atoms with Crippen LogP contribution in [0.15, 0.2) is 6.20 Å². The molecular formula is C11H18N4O3. The number of piperidine rings is 1. The van der Waals surface area contributed by atoms with Gasteiger partial charge in [0, 0.05) is 6.04 Å². The van der Waals surface area contributed by atoms with Gasteiger partial charge in [-0.15, -0.1) is 5.10 Å². The minimum Gasteiger partial charge on any atom is -0.476 e. The summed E-state index contributed by atoms with van der Waals surface area (Å²) in [6.45, 7) is 2.80. The van der Waals surface area contributed by atoms with Crippen LogP contribution in [0.25, 0.3) is 0 Å². The molecule has 0 radical (unpaired) electrons. The fourth-order valence-electron chi connectivity index (χ4n) is 1.96. The van der Waals surface area contributed by atoms with Crippen LogP contribution in [-0.2, 0) is 11.3 Å². The van der Waals surface area contributed by atoms with Gasteiger partial charge < -0.3 is 15.2 Å². The van der Waals surface area contributed by atoms with Gasteiger partial charge in [0.15, 0.2) is 5.69 Å². The van der Waals surface area contributed by atoms with Gasteiger partial charge >= 0.3 is 5.97 Å². The second-order valence-electron chi connectivity index (χ2n) is 4.39. The quantitative estimate of drug-likeness (QED) is 0.702. The molecule has 0 aliphatic carbocycles. The van der Waals surface area contributed by atoms with Gasteiger partial charge in [0.1, 0.15) is 0 Å². The first-order valence-electron chi connectivity index (χ1n) is 6.20. The molecule has 7 heteroatoms. The van der Waals surface area contributed by atoms with E-state index in [0.29, 0.717) is 25.8 Å². The molecule has 7 nitrogen and oxygen atoms in total. The molecule has 100 valence electrons. The lowest BCUT2D eigenvalue weighted by molar-refractivity contribution is 0.0690. The summed E-state index contributed by atoms with van der Waals surface area (Å²) in [5.41, 5.74) is -0.0380. The lowest BCUT2D eigenvalue weighted by atomic mass is 10.1. The molecule has 1 saturated heterocycles. The highest BCUT2D eigenvalue weighted by atomic mass is 16.5. The number of rotatable bonds is 6. The Hall–Kier alpha value is -1.47. The van der Waals surface area contributed by atoms with Crippen LogP contribution in [0.3, 0.4) is 0 Å². The average Bonchev–Trinajstić information content (AvgIpc) is 2.85. The van der Waals surface area contributed by atoms with E-state index in [9.17, 15) is 4.79 Å². The van der Waals surface area contributed by atoms with Crippen LogP contribution in [0.2, 0.25) is 0 Å². The molecule has 0 bridgehead atoms. The first-order chi connectivity index (χ1) is 8.75. The monoisotopic (exact) mass is 254 g/mol. The van der Waals surface area contributed by atoms with Crippen molar-refractivity contribution < 1.29 is 14.6 Å². The SMILES string of the molecule is O=C(O)c1cn(CCOCC2CCCCN2)nn1. The highest BCUT2D eigenvalue weighted by molar-refractivity contribution is 5.84. The van der Waals surface area contributed by atoms with Crippen LogP contribution in [0.4, 0.5) is 0 Å². The molecule has 1 aromatic rings. The van der Waals surface area contributed by atoms with Crippen molar-refractivity contribution in [1.29, 1.82) is 0 Å². The third kappa shape index (κ3) is 3.78. The van der Waals surface area contributed by atoms with Crippen LogP contribution >= 0.6 is 0 Å². The van der Waals surface area contributed by atoms with E-state index in [4.69, 9.17) is 9.84 Å². The molecule has 2 rings (SSSR count). The van der Waals surface area contributed by atoms with Gasteiger partial charge in [-0.2, -0.15) is 0 Å². The van der Waals surface area contributed by atoms with E-state index in [2.05, 4.69) is 15.6 Å². The number of carboxylic acid groups (broad SMARTS) is 1. The van der Waals surface area contributed by atoms with Crippen molar-refractivity contribution in [2.45, 2.75) is 31.8 Å². The van der Waals surface area contributed by atoms with Crippen molar-refractivity contribution in [1.82, 2.24) is 20.3 Å². The average molecular weight is 254 g/mol. The maximum absolute atomic E-state index is 10.6. The molecule has 0 saturated carbocycles. The van der Waals surface area contributed by atoms with Crippen LogP contribution in [0, 0.1) is 0 Å². The fourth-order valence-corrected chi connectivity index (χ4v) is 1.96. The first-order valence-corrected chi connectivity index (χ1v) is 6.20. The van der Waals surface area contributed by atoms with E-state index >= 15 is 0 Å². The van der Waals surface area contributed by atoms with Gasteiger partial charge in [-0.3, -0.25) is 0 Å². The van der Waals surface area contributed by atoms with Crippen LogP contribution in [-0.4, -0.2) is 51.9 Å². The van der Waals surface area contributed by atoms with Gasteiger partial charge in [-0.05, 0) is 19.4 Å². The third-order valence-electron chi connectivity index (χ3n) is 2.95. The van der Waals surface area contributed by atoms with E-state index < -0.39 is 5.97 Å². The number of nitrogens with zero attached hydrogens (tertiary/aromatic N) is 3. The number of carboxylic acids is 1. The van der Waals surface area contributed by atoms with Gasteiger partial charge in [0.05, 0.1) is 26.0 Å². The number of carbonyl (C=O) groups is 1. The molecule has 1 aliphatic heterocycles. The van der Waals surface area contributed by atoms with Crippen molar-refractivity contribution in [3.05, 3.63) is 11.9 Å². The second kappa shape index (κ2) is 6.46. The van der Waals surface area contributed by atoms with Crippen molar-refractivity contribution in [3.8, 4) is 0 Å². The number of aromatic nitrogens is 3. The maximum Gasteiger partial charge on any atom is 0.358 e. The molecule has 0 aromatic carbocycles. The maximum atomic E-state index is 10.6. The fraction of sp³-hybridized carbons (Fsp3) is 0.727. The topological polar surface area (TPSA) is 89.3 Å². The standard InChI is InChI=1S/C11H18N4O3/c16-11(17)10-7-15(14-13-10)5-6-18-8-9-3-1-2-4-12-9/h7,9,12H,1-6,8H2,(H,16,17). The van der Waals surface area contributed by atoms with Gasteiger partial charge in [-0.1, -0.05) is 11.6 Å². The van der Waals surface area contributed by atoms with Gasteiger partial charge in [-0.25, -0.2) is 9.48 Å². The van der Waals surface area contributed by atoms with Crippen LogP contribution in [0.5, 0.6) is 0 Å². The Morgan fingerprint density at radius 3 is 3.17 bits per heavy atom. The van der Waals surface area contributed by atoms with E-state index in [-0.39, 0.29) is 5.69 Å². The minimum atomic E-state index is -1.06. The Labute approximate surface area is 105 Å². The van der Waals surface area contributed by atoms with Crippen molar-refractivity contribution in [2.75, 3.05) is 19.8 Å². The molecule has 1 unspecified atom stereocenters. The molecule has 0 spiro atoms. The number of hydrogen-bond acceptors (Lipinski definition) is 5.